The molecule has 1 amide bonds. The van der Waals surface area contributed by atoms with Crippen LogP contribution in [0.1, 0.15) is 31.5 Å². The topological polar surface area (TPSA) is 63.6 Å². The highest BCUT2D eigenvalue weighted by atomic mass is 16.5. The van der Waals surface area contributed by atoms with E-state index in [1.807, 2.05) is 48.5 Å². The molecule has 2 heterocycles. The van der Waals surface area contributed by atoms with E-state index in [9.17, 15) is 4.79 Å². The number of carbonyl (C=O) groups is 1. The van der Waals surface area contributed by atoms with Crippen LogP contribution in [0.5, 0.6) is 0 Å². The molecule has 2 aromatic rings. The number of nitrogens with one attached hydrogen (secondary N) is 1. The van der Waals surface area contributed by atoms with Gasteiger partial charge in [0.05, 0.1) is 0 Å². The van der Waals surface area contributed by atoms with Gasteiger partial charge in [-0.25, -0.2) is 4.99 Å². The van der Waals surface area contributed by atoms with E-state index in [4.69, 9.17) is 4.74 Å². The summed E-state index contributed by atoms with van der Waals surface area (Å²) < 4.78 is 5.89. The van der Waals surface area contributed by atoms with Gasteiger partial charge in [0.1, 0.15) is 11.7 Å². The van der Waals surface area contributed by atoms with Crippen LogP contribution in [-0.2, 0) is 16.1 Å². The first kappa shape index (κ1) is 17.1. The summed E-state index contributed by atoms with van der Waals surface area (Å²) in [6, 6.07) is 15.2. The van der Waals surface area contributed by atoms with E-state index in [0.29, 0.717) is 24.1 Å². The number of carbonyl (C=O) groups excluding carboxylic acids is 1. The molecule has 1 aliphatic heterocycles. The highest BCUT2D eigenvalue weighted by Gasteiger charge is 2.37. The number of aliphatic imine (C=N–C) groups is 1. The minimum Gasteiger partial charge on any atom is -0.461 e. The Morgan fingerprint density at radius 2 is 1.92 bits per heavy atom. The number of pyridine rings is 1. The normalized spacial score (nSPS) is 19.4. The van der Waals surface area contributed by atoms with Crippen molar-refractivity contribution in [3.05, 3.63) is 66.0 Å². The molecule has 0 saturated carbocycles. The molecule has 1 aliphatic rings. The molecule has 0 radical (unpaired) electrons. The number of benzene rings is 1. The predicted octanol–water partition coefficient (Wildman–Crippen LogP) is 2.96. The Morgan fingerprint density at radius 1 is 1.16 bits per heavy atom. The molecule has 0 spiro atoms. The van der Waals surface area contributed by atoms with Crippen LogP contribution in [0.4, 0.5) is 0 Å². The lowest BCUT2D eigenvalue weighted by molar-refractivity contribution is -0.128. The lowest BCUT2D eigenvalue weighted by atomic mass is 9.99. The van der Waals surface area contributed by atoms with Gasteiger partial charge < -0.3 is 10.1 Å². The number of nitrogens with zero attached hydrogens (tertiary/aromatic N) is 2. The maximum absolute atomic E-state index is 12.7. The molecule has 2 unspecified atom stereocenters. The summed E-state index contributed by atoms with van der Waals surface area (Å²) in [5, 5.41) is 2.96. The average Bonchev–Trinajstić information content (AvgIpc) is 3.04. The first-order valence-corrected chi connectivity index (χ1v) is 8.61. The van der Waals surface area contributed by atoms with E-state index in [0.717, 1.165) is 12.0 Å². The molecule has 1 N–H and O–H groups in total. The van der Waals surface area contributed by atoms with Crippen molar-refractivity contribution in [1.29, 1.82) is 0 Å². The number of hydrogen-bond donors (Lipinski definition) is 1. The molecule has 1 aromatic carbocycles. The molecule has 0 fully saturated rings. The van der Waals surface area contributed by atoms with Crippen molar-refractivity contribution >= 4 is 11.8 Å². The fourth-order valence-corrected chi connectivity index (χ4v) is 2.84. The van der Waals surface area contributed by atoms with Gasteiger partial charge in [0.2, 0.25) is 12.0 Å². The van der Waals surface area contributed by atoms with E-state index in [2.05, 4.69) is 29.1 Å². The number of ether oxygens (including phenoxy) is 1. The first-order chi connectivity index (χ1) is 12.1. The summed E-state index contributed by atoms with van der Waals surface area (Å²) in [7, 11) is 0. The van der Waals surface area contributed by atoms with Crippen molar-refractivity contribution in [3.63, 3.8) is 0 Å². The quantitative estimate of drug-likeness (QED) is 0.881. The Kier molecular flexibility index (Phi) is 5.43. The lowest BCUT2D eigenvalue weighted by Crippen LogP contribution is -2.41. The number of aromatic nitrogens is 1. The third-order valence-corrected chi connectivity index (χ3v) is 4.04. The van der Waals surface area contributed by atoms with Crippen molar-refractivity contribution in [2.24, 2.45) is 10.9 Å². The second-order valence-electron chi connectivity index (χ2n) is 6.59. The van der Waals surface area contributed by atoms with Crippen LogP contribution < -0.4 is 5.32 Å². The fraction of sp³-hybridized carbons (Fsp3) is 0.350. The van der Waals surface area contributed by atoms with Gasteiger partial charge in [-0.2, -0.15) is 0 Å². The van der Waals surface area contributed by atoms with Crippen molar-refractivity contribution in [2.75, 3.05) is 0 Å². The van der Waals surface area contributed by atoms with Gasteiger partial charge in [-0.1, -0.05) is 50.2 Å². The molecule has 130 valence electrons. The molecule has 0 bridgehead atoms. The van der Waals surface area contributed by atoms with Crippen LogP contribution in [0.2, 0.25) is 0 Å². The molecule has 5 nitrogen and oxygen atoms in total. The predicted molar refractivity (Wildman–Crippen MR) is 97.2 cm³/mol. The highest BCUT2D eigenvalue weighted by Crippen LogP contribution is 2.23. The van der Waals surface area contributed by atoms with Gasteiger partial charge in [-0.15, -0.1) is 0 Å². The van der Waals surface area contributed by atoms with E-state index >= 15 is 0 Å². The van der Waals surface area contributed by atoms with Crippen molar-refractivity contribution < 1.29 is 9.53 Å². The van der Waals surface area contributed by atoms with Gasteiger partial charge >= 0.3 is 0 Å². The maximum Gasteiger partial charge on any atom is 0.263 e. The molecule has 1 aromatic heterocycles. The number of hydrogen-bond acceptors (Lipinski definition) is 4. The monoisotopic (exact) mass is 337 g/mol. The third kappa shape index (κ3) is 4.44. The van der Waals surface area contributed by atoms with Crippen molar-refractivity contribution in [2.45, 2.75) is 39.0 Å². The van der Waals surface area contributed by atoms with Gasteiger partial charge in [0.25, 0.3) is 5.91 Å². The van der Waals surface area contributed by atoms with Crippen LogP contribution in [0, 0.1) is 5.92 Å². The SMILES string of the molecule is CC(C)CC1N=C(c2ccccn2)OC1C(=O)NCc1ccccc1. The standard InChI is InChI=1S/C20H23N3O2/c1-14(2)12-17-18(19(24)22-13-15-8-4-3-5-9-15)25-20(23-17)16-10-6-7-11-21-16/h3-11,14,17-18H,12-13H2,1-2H3,(H,22,24). The molecule has 25 heavy (non-hydrogen) atoms. The smallest absolute Gasteiger partial charge is 0.263 e. The first-order valence-electron chi connectivity index (χ1n) is 8.61. The average molecular weight is 337 g/mol. The second-order valence-corrected chi connectivity index (χ2v) is 6.59. The van der Waals surface area contributed by atoms with Crippen LogP contribution in [0.15, 0.2) is 59.7 Å². The van der Waals surface area contributed by atoms with E-state index in [-0.39, 0.29) is 11.9 Å². The summed E-state index contributed by atoms with van der Waals surface area (Å²) in [6.45, 7) is 4.72. The molecule has 2 atom stereocenters. The minimum absolute atomic E-state index is 0.135. The van der Waals surface area contributed by atoms with Crippen LogP contribution >= 0.6 is 0 Å². The molecule has 3 rings (SSSR count). The number of amides is 1. The summed E-state index contributed by atoms with van der Waals surface area (Å²) >= 11 is 0. The molecule has 0 saturated heterocycles. The summed E-state index contributed by atoms with van der Waals surface area (Å²) in [4.78, 5) is 21.6. The highest BCUT2D eigenvalue weighted by molar-refractivity contribution is 5.97. The van der Waals surface area contributed by atoms with Gasteiger partial charge in [-0.05, 0) is 30.0 Å². The van der Waals surface area contributed by atoms with Crippen molar-refractivity contribution in [3.8, 4) is 0 Å². The molecular weight excluding hydrogens is 314 g/mol. The van der Waals surface area contributed by atoms with Gasteiger partial charge in [0, 0.05) is 12.7 Å². The Hall–Kier alpha value is -2.69. The summed E-state index contributed by atoms with van der Waals surface area (Å²) in [5.74, 6) is 0.736. The lowest BCUT2D eigenvalue weighted by Gasteiger charge is -2.18. The molecule has 0 aliphatic carbocycles. The zero-order valence-electron chi connectivity index (χ0n) is 14.6. The second kappa shape index (κ2) is 7.92. The summed E-state index contributed by atoms with van der Waals surface area (Å²) in [5.41, 5.74) is 1.72. The Bertz CT molecular complexity index is 729. The molecule has 5 heteroatoms. The van der Waals surface area contributed by atoms with E-state index < -0.39 is 6.10 Å². The Labute approximate surface area is 148 Å². The maximum atomic E-state index is 12.7. The van der Waals surface area contributed by atoms with Gasteiger partial charge in [0.15, 0.2) is 0 Å². The Balaban J connectivity index is 1.69. The number of rotatable bonds is 6. The van der Waals surface area contributed by atoms with Crippen molar-refractivity contribution in [1.82, 2.24) is 10.3 Å². The van der Waals surface area contributed by atoms with Gasteiger partial charge in [-0.3, -0.25) is 9.78 Å². The van der Waals surface area contributed by atoms with E-state index in [1.54, 1.807) is 6.20 Å². The molecular formula is C20H23N3O2. The zero-order chi connectivity index (χ0) is 17.6. The Morgan fingerprint density at radius 3 is 2.60 bits per heavy atom. The summed E-state index contributed by atoms with van der Waals surface area (Å²) in [6.07, 6.45) is 1.88. The fourth-order valence-electron chi connectivity index (χ4n) is 2.84. The minimum atomic E-state index is -0.608. The van der Waals surface area contributed by atoms with Crippen LogP contribution in [0.3, 0.4) is 0 Å². The largest absolute Gasteiger partial charge is 0.461 e. The van der Waals surface area contributed by atoms with Crippen LogP contribution in [0.25, 0.3) is 0 Å². The van der Waals surface area contributed by atoms with Crippen LogP contribution in [-0.4, -0.2) is 28.9 Å². The van der Waals surface area contributed by atoms with E-state index in [1.165, 1.54) is 0 Å². The zero-order valence-corrected chi connectivity index (χ0v) is 14.6. The third-order valence-electron chi connectivity index (χ3n) is 4.04.